The summed E-state index contributed by atoms with van der Waals surface area (Å²) < 4.78 is 33.9. The van der Waals surface area contributed by atoms with E-state index in [1.807, 2.05) is 6.92 Å². The molecule has 0 spiro atoms. The number of rotatable bonds is 3. The smallest absolute Gasteiger partial charge is 0.395 e. The van der Waals surface area contributed by atoms with E-state index in [-0.39, 0.29) is 11.5 Å². The number of nitrogens with one attached hydrogen (secondary N) is 1. The number of fused-ring (bicyclic) bond motifs is 1. The van der Waals surface area contributed by atoms with Gasteiger partial charge in [0.05, 0.1) is 0 Å². The molecule has 0 atom stereocenters. The molecule has 0 radical (unpaired) electrons. The van der Waals surface area contributed by atoms with Crippen molar-refractivity contribution in [3.8, 4) is 11.5 Å². The molecular formula is C10H11F2NO2. The van der Waals surface area contributed by atoms with E-state index in [0.717, 1.165) is 18.7 Å². The topological polar surface area (TPSA) is 30.5 Å². The normalized spacial score (nSPS) is 16.5. The zero-order valence-electron chi connectivity index (χ0n) is 8.22. The Bertz CT molecular complexity index is 368. The third-order valence-corrected chi connectivity index (χ3v) is 1.98. The van der Waals surface area contributed by atoms with Crippen molar-refractivity contribution in [1.29, 1.82) is 0 Å². The number of ether oxygens (including phenoxy) is 2. The molecule has 1 aliphatic heterocycles. The quantitative estimate of drug-likeness (QED) is 0.840. The highest BCUT2D eigenvalue weighted by Crippen LogP contribution is 2.42. The molecule has 5 heteroatoms. The molecule has 1 N–H and O–H groups in total. The molecule has 3 nitrogen and oxygen atoms in total. The number of halogens is 2. The lowest BCUT2D eigenvalue weighted by Crippen LogP contribution is -2.25. The van der Waals surface area contributed by atoms with E-state index < -0.39 is 6.29 Å². The standard InChI is InChI=1S/C10H11F2NO2/c1-2-5-13-7-3-4-8-9(6-7)15-10(11,12)14-8/h3-4,6,13H,2,5H2,1H3. The third kappa shape index (κ3) is 2.11. The summed E-state index contributed by atoms with van der Waals surface area (Å²) in [6.07, 6.45) is -2.57. The monoisotopic (exact) mass is 215 g/mol. The van der Waals surface area contributed by atoms with Gasteiger partial charge in [-0.3, -0.25) is 0 Å². The fraction of sp³-hybridized carbons (Fsp3) is 0.400. The maximum atomic E-state index is 12.7. The van der Waals surface area contributed by atoms with Gasteiger partial charge in [0.2, 0.25) is 0 Å². The molecule has 82 valence electrons. The van der Waals surface area contributed by atoms with Gasteiger partial charge in [-0.2, -0.15) is 0 Å². The average molecular weight is 215 g/mol. The second-order valence-corrected chi connectivity index (χ2v) is 3.26. The van der Waals surface area contributed by atoms with Crippen LogP contribution in [0.3, 0.4) is 0 Å². The first-order chi connectivity index (χ1) is 7.11. The van der Waals surface area contributed by atoms with E-state index in [2.05, 4.69) is 14.8 Å². The molecule has 0 unspecified atom stereocenters. The Hall–Kier alpha value is -1.52. The predicted octanol–water partition coefficient (Wildman–Crippen LogP) is 2.83. The summed E-state index contributed by atoms with van der Waals surface area (Å²) in [4.78, 5) is 0. The number of anilines is 1. The SMILES string of the molecule is CCCNc1ccc2c(c1)OC(F)(F)O2. The molecule has 1 aliphatic rings. The summed E-state index contributed by atoms with van der Waals surface area (Å²) in [7, 11) is 0. The first kappa shape index (κ1) is 10.0. The Kier molecular flexibility index (Phi) is 2.38. The van der Waals surface area contributed by atoms with Gasteiger partial charge in [-0.25, -0.2) is 0 Å². The van der Waals surface area contributed by atoms with Gasteiger partial charge in [-0.05, 0) is 18.6 Å². The van der Waals surface area contributed by atoms with Crippen molar-refractivity contribution >= 4 is 5.69 Å². The Labute approximate surface area is 86.0 Å². The van der Waals surface area contributed by atoms with Crippen LogP contribution in [0.5, 0.6) is 11.5 Å². The first-order valence-electron chi connectivity index (χ1n) is 4.74. The summed E-state index contributed by atoms with van der Waals surface area (Å²) in [5, 5.41) is 3.07. The van der Waals surface area contributed by atoms with Crippen LogP contribution in [0.1, 0.15) is 13.3 Å². The third-order valence-electron chi connectivity index (χ3n) is 1.98. The van der Waals surface area contributed by atoms with Gasteiger partial charge in [0, 0.05) is 18.3 Å². The van der Waals surface area contributed by atoms with Gasteiger partial charge in [-0.15, -0.1) is 8.78 Å². The van der Waals surface area contributed by atoms with Crippen LogP contribution in [-0.2, 0) is 0 Å². The Morgan fingerprint density at radius 2 is 2.00 bits per heavy atom. The number of alkyl halides is 2. The zero-order chi connectivity index (χ0) is 10.9. The minimum atomic E-state index is -3.54. The van der Waals surface area contributed by atoms with Crippen LogP contribution in [0.4, 0.5) is 14.5 Å². The van der Waals surface area contributed by atoms with Crippen LogP contribution in [0.2, 0.25) is 0 Å². The van der Waals surface area contributed by atoms with Crippen LogP contribution in [0.25, 0.3) is 0 Å². The summed E-state index contributed by atoms with van der Waals surface area (Å²) in [6.45, 7) is 2.81. The minimum Gasteiger partial charge on any atom is -0.395 e. The van der Waals surface area contributed by atoms with Crippen molar-refractivity contribution in [2.24, 2.45) is 0 Å². The fourth-order valence-electron chi connectivity index (χ4n) is 1.33. The van der Waals surface area contributed by atoms with Gasteiger partial charge in [-0.1, -0.05) is 6.92 Å². The molecule has 15 heavy (non-hydrogen) atoms. The molecule has 1 heterocycles. The van der Waals surface area contributed by atoms with Crippen LogP contribution in [-0.4, -0.2) is 12.8 Å². The highest BCUT2D eigenvalue weighted by Gasteiger charge is 2.43. The van der Waals surface area contributed by atoms with Gasteiger partial charge >= 0.3 is 6.29 Å². The lowest BCUT2D eigenvalue weighted by Gasteiger charge is -2.05. The first-order valence-corrected chi connectivity index (χ1v) is 4.74. The maximum absolute atomic E-state index is 12.7. The highest BCUT2D eigenvalue weighted by atomic mass is 19.3. The number of hydrogen-bond acceptors (Lipinski definition) is 3. The van der Waals surface area contributed by atoms with Crippen LogP contribution >= 0.6 is 0 Å². The van der Waals surface area contributed by atoms with Crippen molar-refractivity contribution in [2.45, 2.75) is 19.6 Å². The van der Waals surface area contributed by atoms with E-state index in [1.54, 1.807) is 6.07 Å². The van der Waals surface area contributed by atoms with Gasteiger partial charge in [0.1, 0.15) is 0 Å². The van der Waals surface area contributed by atoms with Crippen LogP contribution in [0.15, 0.2) is 18.2 Å². The summed E-state index contributed by atoms with van der Waals surface area (Å²) >= 11 is 0. The Morgan fingerprint density at radius 1 is 1.27 bits per heavy atom. The fourth-order valence-corrected chi connectivity index (χ4v) is 1.33. The molecule has 1 aromatic carbocycles. The Morgan fingerprint density at radius 3 is 2.73 bits per heavy atom. The highest BCUT2D eigenvalue weighted by molar-refractivity contribution is 5.55. The average Bonchev–Trinajstić information content (AvgIpc) is 2.47. The lowest BCUT2D eigenvalue weighted by molar-refractivity contribution is -0.286. The number of hydrogen-bond donors (Lipinski definition) is 1. The van der Waals surface area contributed by atoms with E-state index in [0.29, 0.717) is 0 Å². The lowest BCUT2D eigenvalue weighted by atomic mass is 10.2. The van der Waals surface area contributed by atoms with Crippen molar-refractivity contribution in [2.75, 3.05) is 11.9 Å². The van der Waals surface area contributed by atoms with Gasteiger partial charge < -0.3 is 14.8 Å². The molecular weight excluding hydrogens is 204 g/mol. The van der Waals surface area contributed by atoms with E-state index in [1.165, 1.54) is 12.1 Å². The molecule has 1 aromatic rings. The molecule has 0 saturated carbocycles. The largest absolute Gasteiger partial charge is 0.586 e. The number of benzene rings is 1. The van der Waals surface area contributed by atoms with E-state index in [4.69, 9.17) is 0 Å². The maximum Gasteiger partial charge on any atom is 0.586 e. The van der Waals surface area contributed by atoms with Crippen molar-refractivity contribution < 1.29 is 18.3 Å². The van der Waals surface area contributed by atoms with E-state index in [9.17, 15) is 8.78 Å². The molecule has 0 bridgehead atoms. The summed E-state index contributed by atoms with van der Waals surface area (Å²) in [5.41, 5.74) is 0.747. The van der Waals surface area contributed by atoms with Crippen molar-refractivity contribution in [3.63, 3.8) is 0 Å². The minimum absolute atomic E-state index is 0.0705. The Balaban J connectivity index is 2.15. The summed E-state index contributed by atoms with van der Waals surface area (Å²) in [6, 6.07) is 4.65. The predicted molar refractivity (Wildman–Crippen MR) is 51.4 cm³/mol. The van der Waals surface area contributed by atoms with Gasteiger partial charge in [0.25, 0.3) is 0 Å². The molecule has 2 rings (SSSR count). The second kappa shape index (κ2) is 3.56. The molecule has 0 aromatic heterocycles. The van der Waals surface area contributed by atoms with E-state index >= 15 is 0 Å². The van der Waals surface area contributed by atoms with Gasteiger partial charge in [0.15, 0.2) is 11.5 Å². The molecule has 0 amide bonds. The molecule has 0 aliphatic carbocycles. The zero-order valence-corrected chi connectivity index (χ0v) is 8.22. The molecule has 0 fully saturated rings. The van der Waals surface area contributed by atoms with Crippen molar-refractivity contribution in [1.82, 2.24) is 0 Å². The second-order valence-electron chi connectivity index (χ2n) is 3.26. The van der Waals surface area contributed by atoms with Crippen LogP contribution < -0.4 is 14.8 Å². The van der Waals surface area contributed by atoms with Crippen LogP contribution in [0, 0.1) is 0 Å². The van der Waals surface area contributed by atoms with Crippen molar-refractivity contribution in [3.05, 3.63) is 18.2 Å². The molecule has 0 saturated heterocycles. The summed E-state index contributed by atoms with van der Waals surface area (Å²) in [5.74, 6) is 0.142.